The number of imide groups is 1. The number of hydrogen-bond donors (Lipinski definition) is 0. The van der Waals surface area contributed by atoms with Crippen LogP contribution in [0.15, 0.2) is 78.9 Å². The molecule has 2 aliphatic rings. The summed E-state index contributed by atoms with van der Waals surface area (Å²) in [5, 5.41) is 11.8. The van der Waals surface area contributed by atoms with Crippen molar-refractivity contribution in [3.05, 3.63) is 111 Å². The number of nitro groups is 1. The van der Waals surface area contributed by atoms with Gasteiger partial charge < -0.3 is 4.74 Å². The van der Waals surface area contributed by atoms with Crippen LogP contribution in [0.5, 0.6) is 0 Å². The molecule has 2 atom stereocenters. The van der Waals surface area contributed by atoms with Crippen molar-refractivity contribution in [3.63, 3.8) is 0 Å². The molecule has 4 aromatic rings. The maximum Gasteiger partial charge on any atom is 0.339 e. The minimum Gasteiger partial charge on any atom is -0.454 e. The number of benzene rings is 3. The van der Waals surface area contributed by atoms with Crippen LogP contribution in [0.1, 0.15) is 39.1 Å². The Kier molecular flexibility index (Phi) is 7.52. The molecule has 1 aliphatic heterocycles. The topological polar surface area (TPSA) is 137 Å². The number of hydrogen-bond acceptors (Lipinski definition) is 8. The first-order valence-corrected chi connectivity index (χ1v) is 14.2. The van der Waals surface area contributed by atoms with Gasteiger partial charge in [0.05, 0.1) is 39.2 Å². The zero-order valence-electron chi connectivity index (χ0n) is 23.4. The fourth-order valence-corrected chi connectivity index (χ4v) is 5.77. The summed E-state index contributed by atoms with van der Waals surface area (Å²) >= 11 is 6.37. The molecule has 0 spiro atoms. The maximum absolute atomic E-state index is 13.3. The predicted octanol–water partition coefficient (Wildman–Crippen LogP) is 6.27. The Morgan fingerprint density at radius 1 is 0.977 bits per heavy atom. The first-order valence-electron chi connectivity index (χ1n) is 13.8. The number of aromatic nitrogens is 1. The Morgan fingerprint density at radius 2 is 1.61 bits per heavy atom. The van der Waals surface area contributed by atoms with Crippen molar-refractivity contribution < 1.29 is 28.8 Å². The van der Waals surface area contributed by atoms with Crippen LogP contribution in [0.3, 0.4) is 0 Å². The van der Waals surface area contributed by atoms with E-state index >= 15 is 0 Å². The van der Waals surface area contributed by atoms with E-state index in [1.54, 1.807) is 49.4 Å². The Morgan fingerprint density at radius 3 is 2.23 bits per heavy atom. The number of nitro benzene ring substituents is 1. The van der Waals surface area contributed by atoms with E-state index < -0.39 is 23.3 Å². The standard InChI is InChI=1S/C33H24ClN3O7/c1-18-27(34)15-14-23-26(33(41)44-17-29(38)20-8-12-22(13-9-20)37(42)43)16-28(35-30(18)23)19-6-10-21(11-7-19)36-31(39)24-4-2-3-5-25(24)32(36)40/h2-3,6-16,24-25H,4-5,17H2,1H3. The van der Waals surface area contributed by atoms with Gasteiger partial charge in [0.1, 0.15) is 0 Å². The normalized spacial score (nSPS) is 17.5. The molecule has 6 rings (SSSR count). The number of ether oxygens (including phenoxy) is 1. The SMILES string of the molecule is Cc1c(Cl)ccc2c(C(=O)OCC(=O)c3ccc([N+](=O)[O-])cc3)cc(-c3ccc(N4C(=O)C5CC=CCC5C4=O)cc3)nc12. The Bertz CT molecular complexity index is 1880. The zero-order chi connectivity index (χ0) is 31.1. The number of carbonyl (C=O) groups is 4. The van der Waals surface area contributed by atoms with Crippen LogP contribution in [-0.4, -0.2) is 40.1 Å². The summed E-state index contributed by atoms with van der Waals surface area (Å²) in [5.74, 6) is -2.40. The van der Waals surface area contributed by atoms with Crippen molar-refractivity contribution in [3.8, 4) is 11.3 Å². The van der Waals surface area contributed by atoms with E-state index in [0.717, 1.165) is 0 Å². The number of ketones is 1. The van der Waals surface area contributed by atoms with Gasteiger partial charge in [-0.3, -0.25) is 29.4 Å². The number of non-ortho nitro benzene ring substituents is 1. The summed E-state index contributed by atoms with van der Waals surface area (Å²) in [4.78, 5) is 68.4. The average Bonchev–Trinajstić information content (AvgIpc) is 3.30. The van der Waals surface area contributed by atoms with E-state index in [1.165, 1.54) is 29.2 Å². The van der Waals surface area contributed by atoms with Crippen molar-refractivity contribution in [1.82, 2.24) is 4.98 Å². The van der Waals surface area contributed by atoms with Gasteiger partial charge in [-0.2, -0.15) is 0 Å². The molecular weight excluding hydrogens is 586 g/mol. The molecule has 44 heavy (non-hydrogen) atoms. The fourth-order valence-electron chi connectivity index (χ4n) is 5.62. The van der Waals surface area contributed by atoms with Crippen molar-refractivity contribution in [2.45, 2.75) is 19.8 Å². The van der Waals surface area contributed by atoms with Crippen LogP contribution in [0.2, 0.25) is 5.02 Å². The minimum absolute atomic E-state index is 0.159. The number of halogens is 1. The van der Waals surface area contributed by atoms with E-state index in [-0.39, 0.29) is 40.5 Å². The third-order valence-electron chi connectivity index (χ3n) is 8.05. The van der Waals surface area contributed by atoms with Gasteiger partial charge in [-0.1, -0.05) is 42.0 Å². The molecule has 0 radical (unpaired) electrons. The zero-order valence-corrected chi connectivity index (χ0v) is 24.1. The van der Waals surface area contributed by atoms with E-state index in [2.05, 4.69) is 0 Å². The number of Topliss-reactive ketones (excluding diaryl/α,β-unsaturated/α-hetero) is 1. The lowest BCUT2D eigenvalue weighted by molar-refractivity contribution is -0.384. The molecule has 0 bridgehead atoms. The number of aryl methyl sites for hydroxylation is 1. The van der Waals surface area contributed by atoms with Gasteiger partial charge in [-0.05, 0) is 61.7 Å². The summed E-state index contributed by atoms with van der Waals surface area (Å²) in [7, 11) is 0. The monoisotopic (exact) mass is 609 g/mol. The molecule has 1 aromatic heterocycles. The molecule has 2 amide bonds. The molecule has 1 aliphatic carbocycles. The number of allylic oxidation sites excluding steroid dienone is 2. The van der Waals surface area contributed by atoms with Crippen LogP contribution in [0.4, 0.5) is 11.4 Å². The molecule has 220 valence electrons. The number of amides is 2. The molecule has 0 saturated carbocycles. The predicted molar refractivity (Wildman–Crippen MR) is 162 cm³/mol. The average molecular weight is 610 g/mol. The largest absolute Gasteiger partial charge is 0.454 e. The van der Waals surface area contributed by atoms with Crippen molar-refractivity contribution >= 4 is 57.4 Å². The second kappa shape index (κ2) is 11.5. The highest BCUT2D eigenvalue weighted by atomic mass is 35.5. The Hall–Kier alpha value is -5.22. The molecule has 11 heteroatoms. The van der Waals surface area contributed by atoms with E-state index in [1.807, 2.05) is 12.2 Å². The lowest BCUT2D eigenvalue weighted by Gasteiger charge is -2.16. The fraction of sp³-hybridized carbons (Fsp3) is 0.182. The molecule has 2 heterocycles. The highest BCUT2D eigenvalue weighted by Gasteiger charge is 2.47. The van der Waals surface area contributed by atoms with Gasteiger partial charge in [-0.25, -0.2) is 9.78 Å². The minimum atomic E-state index is -0.767. The van der Waals surface area contributed by atoms with Crippen LogP contribution in [-0.2, 0) is 14.3 Å². The highest BCUT2D eigenvalue weighted by molar-refractivity contribution is 6.32. The second-order valence-corrected chi connectivity index (χ2v) is 11.0. The van der Waals surface area contributed by atoms with Crippen molar-refractivity contribution in [1.29, 1.82) is 0 Å². The van der Waals surface area contributed by atoms with Gasteiger partial charge in [-0.15, -0.1) is 0 Å². The number of fused-ring (bicyclic) bond motifs is 2. The quantitative estimate of drug-likeness (QED) is 0.0597. The number of nitrogens with zero attached hydrogens (tertiary/aromatic N) is 3. The molecule has 2 unspecified atom stereocenters. The lowest BCUT2D eigenvalue weighted by Crippen LogP contribution is -2.30. The van der Waals surface area contributed by atoms with E-state index in [0.29, 0.717) is 51.3 Å². The van der Waals surface area contributed by atoms with Gasteiger partial charge in [0.25, 0.3) is 5.69 Å². The van der Waals surface area contributed by atoms with Gasteiger partial charge in [0, 0.05) is 33.7 Å². The van der Waals surface area contributed by atoms with E-state index in [4.69, 9.17) is 21.3 Å². The smallest absolute Gasteiger partial charge is 0.339 e. The Balaban J connectivity index is 1.28. The van der Waals surface area contributed by atoms with Crippen LogP contribution >= 0.6 is 11.6 Å². The van der Waals surface area contributed by atoms with Crippen LogP contribution in [0, 0.1) is 28.9 Å². The summed E-state index contributed by atoms with van der Waals surface area (Å²) in [5.41, 5.74) is 2.76. The summed E-state index contributed by atoms with van der Waals surface area (Å²) in [6.45, 7) is 1.20. The number of esters is 1. The molecular formula is C33H24ClN3O7. The first kappa shape index (κ1) is 28.9. The molecule has 3 aromatic carbocycles. The molecule has 1 fully saturated rings. The van der Waals surface area contributed by atoms with Crippen LogP contribution in [0.25, 0.3) is 22.2 Å². The van der Waals surface area contributed by atoms with Crippen molar-refractivity contribution in [2.75, 3.05) is 11.5 Å². The van der Waals surface area contributed by atoms with Crippen molar-refractivity contribution in [2.24, 2.45) is 11.8 Å². The second-order valence-electron chi connectivity index (χ2n) is 10.6. The highest BCUT2D eigenvalue weighted by Crippen LogP contribution is 2.38. The lowest BCUT2D eigenvalue weighted by atomic mass is 9.85. The number of anilines is 1. The van der Waals surface area contributed by atoms with E-state index in [9.17, 15) is 29.3 Å². The maximum atomic E-state index is 13.3. The van der Waals surface area contributed by atoms with Gasteiger partial charge >= 0.3 is 5.97 Å². The number of carbonyl (C=O) groups excluding carboxylic acids is 4. The molecule has 1 saturated heterocycles. The van der Waals surface area contributed by atoms with Gasteiger partial charge in [0.15, 0.2) is 12.4 Å². The number of pyridine rings is 1. The summed E-state index contributed by atoms with van der Waals surface area (Å²) in [6.07, 6.45) is 4.97. The molecule has 10 nitrogen and oxygen atoms in total. The molecule has 0 N–H and O–H groups in total. The summed E-state index contributed by atoms with van der Waals surface area (Å²) < 4.78 is 5.38. The number of rotatable bonds is 7. The first-order chi connectivity index (χ1) is 21.1. The third-order valence-corrected chi connectivity index (χ3v) is 8.46. The van der Waals surface area contributed by atoms with Crippen LogP contribution < -0.4 is 4.90 Å². The van der Waals surface area contributed by atoms with Gasteiger partial charge in [0.2, 0.25) is 11.8 Å². The summed E-state index contributed by atoms with van der Waals surface area (Å²) in [6, 6.07) is 16.6. The third kappa shape index (κ3) is 5.13. The Labute approximate surface area is 256 Å².